The number of aliphatic hydroxyl groups is 4. The van der Waals surface area contributed by atoms with Crippen LogP contribution in [0, 0.1) is 0 Å². The number of nitrogens with one attached hydrogen (secondary N) is 2. The number of rotatable bonds is 13. The average Bonchev–Trinajstić information content (AvgIpc) is 3.27. The normalized spacial score (nSPS) is 24.0. The van der Waals surface area contributed by atoms with Gasteiger partial charge in [-0.15, -0.1) is 5.10 Å². The first kappa shape index (κ1) is 29.8. The lowest BCUT2D eigenvalue weighted by molar-refractivity contribution is -0.278. The van der Waals surface area contributed by atoms with E-state index in [1.807, 2.05) is 38.1 Å². The van der Waals surface area contributed by atoms with E-state index in [2.05, 4.69) is 15.5 Å². The van der Waals surface area contributed by atoms with Crippen LogP contribution in [0.5, 0.6) is 11.6 Å². The summed E-state index contributed by atoms with van der Waals surface area (Å²) in [6, 6.07) is 7.59. The number of carbonyl (C=O) groups is 1. The van der Waals surface area contributed by atoms with Gasteiger partial charge in [-0.3, -0.25) is 9.89 Å². The fourth-order valence-corrected chi connectivity index (χ4v) is 4.04. The van der Waals surface area contributed by atoms with E-state index >= 15 is 0 Å². The molecule has 1 aromatic carbocycles. The Kier molecular flexibility index (Phi) is 10.1. The van der Waals surface area contributed by atoms with Crippen molar-refractivity contribution in [2.45, 2.75) is 82.7 Å². The molecule has 1 unspecified atom stereocenters. The maximum absolute atomic E-state index is 11.4. The number of aromatic nitrogens is 2. The highest BCUT2D eigenvalue weighted by Crippen LogP contribution is 2.31. The third kappa shape index (κ3) is 7.22. The number of H-pyrrole nitrogens is 1. The standard InChI is InChI=1S/C26H40N4O8/c1-14(2)19-17(23(30-29-19)38-24-22(34)21(33)20(32)18(13-31)37-24)12-15-6-8-16(9-7-15)36-11-5-10-28-26(3,4)25(27)35/h6-9,14,18,20-22,24,28,31-34H,5,10-13H2,1-4H3,(H2,27,35)(H,29,30)/t18-,20-,21+,22-,24?/m1/s1. The van der Waals surface area contributed by atoms with Crippen molar-refractivity contribution in [1.29, 1.82) is 0 Å². The van der Waals surface area contributed by atoms with Crippen molar-refractivity contribution in [2.75, 3.05) is 19.8 Å². The lowest BCUT2D eigenvalue weighted by atomic mass is 9.98. The van der Waals surface area contributed by atoms with E-state index in [0.717, 1.165) is 16.8 Å². The predicted octanol–water partition coefficient (Wildman–Crippen LogP) is -0.0750. The molecule has 1 amide bonds. The Morgan fingerprint density at radius 2 is 1.87 bits per heavy atom. The molecule has 2 aromatic rings. The molecule has 1 aliphatic heterocycles. The average molecular weight is 537 g/mol. The molecule has 1 aliphatic rings. The van der Waals surface area contributed by atoms with Gasteiger partial charge >= 0.3 is 0 Å². The number of aliphatic hydroxyl groups excluding tert-OH is 4. The fraction of sp³-hybridized carbons (Fsp3) is 0.615. The number of ether oxygens (including phenoxy) is 3. The molecule has 0 saturated carbocycles. The molecule has 212 valence electrons. The first-order valence-corrected chi connectivity index (χ1v) is 12.8. The molecule has 0 radical (unpaired) electrons. The van der Waals surface area contributed by atoms with Crippen molar-refractivity contribution in [3.8, 4) is 11.6 Å². The number of benzene rings is 1. The van der Waals surface area contributed by atoms with E-state index in [9.17, 15) is 25.2 Å². The molecule has 0 aliphatic carbocycles. The second kappa shape index (κ2) is 12.9. The van der Waals surface area contributed by atoms with Crippen molar-refractivity contribution in [1.82, 2.24) is 15.5 Å². The van der Waals surface area contributed by atoms with Crippen LogP contribution in [-0.4, -0.2) is 92.5 Å². The Balaban J connectivity index is 1.63. The van der Waals surface area contributed by atoms with Crippen LogP contribution in [0.2, 0.25) is 0 Å². The lowest BCUT2D eigenvalue weighted by Crippen LogP contribution is -2.60. The summed E-state index contributed by atoms with van der Waals surface area (Å²) in [4.78, 5) is 11.4. The number of nitrogens with two attached hydrogens (primary N) is 1. The third-order valence-electron chi connectivity index (χ3n) is 6.59. The van der Waals surface area contributed by atoms with Crippen molar-refractivity contribution in [3.63, 3.8) is 0 Å². The van der Waals surface area contributed by atoms with E-state index in [0.29, 0.717) is 31.7 Å². The molecule has 5 atom stereocenters. The summed E-state index contributed by atoms with van der Waals surface area (Å²) in [6.07, 6.45) is -5.80. The van der Waals surface area contributed by atoms with Gasteiger partial charge in [-0.25, -0.2) is 0 Å². The number of hydrogen-bond acceptors (Lipinski definition) is 10. The number of hydrogen-bond donors (Lipinski definition) is 7. The third-order valence-corrected chi connectivity index (χ3v) is 6.59. The van der Waals surface area contributed by atoms with Crippen LogP contribution < -0.4 is 20.5 Å². The number of nitrogens with zero attached hydrogens (tertiary/aromatic N) is 1. The summed E-state index contributed by atoms with van der Waals surface area (Å²) in [5.74, 6) is 0.594. The minimum absolute atomic E-state index is 0.0976. The Hall–Kier alpha value is -2.74. The smallest absolute Gasteiger partial charge is 0.238 e. The summed E-state index contributed by atoms with van der Waals surface area (Å²) in [6.45, 7) is 7.99. The van der Waals surface area contributed by atoms with Gasteiger partial charge in [0.05, 0.1) is 18.8 Å². The molecule has 12 heteroatoms. The molecule has 1 saturated heterocycles. The molecule has 8 N–H and O–H groups in total. The second-order valence-electron chi connectivity index (χ2n) is 10.3. The van der Waals surface area contributed by atoms with Crippen LogP contribution in [0.4, 0.5) is 0 Å². The first-order valence-electron chi connectivity index (χ1n) is 12.8. The minimum atomic E-state index is -1.55. The minimum Gasteiger partial charge on any atom is -0.494 e. The zero-order valence-corrected chi connectivity index (χ0v) is 22.3. The van der Waals surface area contributed by atoms with Crippen molar-refractivity contribution in [2.24, 2.45) is 5.73 Å². The summed E-state index contributed by atoms with van der Waals surface area (Å²) >= 11 is 0. The van der Waals surface area contributed by atoms with Crippen molar-refractivity contribution < 1.29 is 39.4 Å². The monoisotopic (exact) mass is 536 g/mol. The molecule has 0 bridgehead atoms. The van der Waals surface area contributed by atoms with Crippen LogP contribution in [0.25, 0.3) is 0 Å². The van der Waals surface area contributed by atoms with Gasteiger partial charge in [0.2, 0.25) is 18.1 Å². The van der Waals surface area contributed by atoms with Gasteiger partial charge in [-0.05, 0) is 50.4 Å². The zero-order chi connectivity index (χ0) is 28.0. The van der Waals surface area contributed by atoms with Crippen LogP contribution in [-0.2, 0) is 16.0 Å². The van der Waals surface area contributed by atoms with Crippen LogP contribution in [0.3, 0.4) is 0 Å². The quantitative estimate of drug-likeness (QED) is 0.170. The van der Waals surface area contributed by atoms with E-state index in [-0.39, 0.29) is 11.8 Å². The summed E-state index contributed by atoms with van der Waals surface area (Å²) in [5.41, 5.74) is 7.15. The number of aromatic amines is 1. The molecule has 1 aromatic heterocycles. The molecule has 3 rings (SSSR count). The largest absolute Gasteiger partial charge is 0.494 e. The molecule has 38 heavy (non-hydrogen) atoms. The topological polar surface area (TPSA) is 192 Å². The predicted molar refractivity (Wildman–Crippen MR) is 138 cm³/mol. The summed E-state index contributed by atoms with van der Waals surface area (Å²) in [5, 5.41) is 50.2. The molecule has 1 fully saturated rings. The van der Waals surface area contributed by atoms with Crippen LogP contribution in [0.15, 0.2) is 24.3 Å². The molecular formula is C26H40N4O8. The Morgan fingerprint density at radius 1 is 1.18 bits per heavy atom. The van der Waals surface area contributed by atoms with Crippen molar-refractivity contribution in [3.05, 3.63) is 41.1 Å². The Bertz CT molecular complexity index is 1040. The Morgan fingerprint density at radius 3 is 2.47 bits per heavy atom. The van der Waals surface area contributed by atoms with E-state index in [1.54, 1.807) is 13.8 Å². The van der Waals surface area contributed by atoms with Crippen molar-refractivity contribution >= 4 is 5.91 Å². The van der Waals surface area contributed by atoms with Gasteiger partial charge in [0.15, 0.2) is 0 Å². The lowest BCUT2D eigenvalue weighted by Gasteiger charge is -2.39. The molecule has 2 heterocycles. The number of amides is 1. The summed E-state index contributed by atoms with van der Waals surface area (Å²) in [7, 11) is 0. The maximum atomic E-state index is 11.4. The molecule has 0 spiro atoms. The maximum Gasteiger partial charge on any atom is 0.238 e. The first-order chi connectivity index (χ1) is 17.9. The Labute approximate surface area is 222 Å². The van der Waals surface area contributed by atoms with Crippen LogP contribution in [0.1, 0.15) is 56.9 Å². The van der Waals surface area contributed by atoms with E-state index < -0.39 is 48.8 Å². The number of carbonyl (C=O) groups excluding carboxylic acids is 1. The number of primary amides is 1. The van der Waals surface area contributed by atoms with Gasteiger partial charge in [0.1, 0.15) is 30.2 Å². The highest BCUT2D eigenvalue weighted by molar-refractivity contribution is 5.83. The van der Waals surface area contributed by atoms with E-state index in [1.165, 1.54) is 0 Å². The van der Waals surface area contributed by atoms with Gasteiger partial charge in [0.25, 0.3) is 0 Å². The SMILES string of the molecule is CC(C)c1[nH]nc(OC2O[C@H](CO)[C@@H](O)[C@H](O)[C@H]2O)c1Cc1ccc(OCCCNC(C)(C)C(N)=O)cc1. The fourth-order valence-electron chi connectivity index (χ4n) is 4.04. The van der Waals surface area contributed by atoms with Gasteiger partial charge in [-0.1, -0.05) is 26.0 Å². The van der Waals surface area contributed by atoms with Gasteiger partial charge in [-0.2, -0.15) is 0 Å². The second-order valence-corrected chi connectivity index (χ2v) is 10.3. The highest BCUT2D eigenvalue weighted by Gasteiger charge is 2.45. The molecular weight excluding hydrogens is 496 g/mol. The van der Waals surface area contributed by atoms with E-state index in [4.69, 9.17) is 19.9 Å². The summed E-state index contributed by atoms with van der Waals surface area (Å²) < 4.78 is 17.1. The molecule has 12 nitrogen and oxygen atoms in total. The zero-order valence-electron chi connectivity index (χ0n) is 22.3. The van der Waals surface area contributed by atoms with Crippen LogP contribution >= 0.6 is 0 Å². The van der Waals surface area contributed by atoms with Gasteiger partial charge < -0.3 is 45.7 Å². The van der Waals surface area contributed by atoms with Gasteiger partial charge in [0, 0.05) is 17.7 Å². The highest BCUT2D eigenvalue weighted by atomic mass is 16.7.